The van der Waals surface area contributed by atoms with Gasteiger partial charge in [0.15, 0.2) is 0 Å². The standard InChI is InChI=1S/C25H38N2O7S2/c1-16(2)11-20(34-13-17-9-7-6-8-10-17)22(29)27-19(24(32)33)15-36-35-14-18(23(30)31)26-21(28)12-25(3,4)5/h6-10,16,18-20H,11-15H2,1-5H3,(H,26,28)(H,27,29)(H,30,31)(H,32,33)/t18?,19?,20-/m1/s1. The van der Waals surface area contributed by atoms with Crippen LogP contribution in [0.1, 0.15) is 53.0 Å². The van der Waals surface area contributed by atoms with E-state index in [-0.39, 0.29) is 41.8 Å². The van der Waals surface area contributed by atoms with E-state index in [1.54, 1.807) is 0 Å². The molecule has 0 aromatic heterocycles. The van der Waals surface area contributed by atoms with Crippen molar-refractivity contribution in [2.75, 3.05) is 11.5 Å². The number of nitrogens with one attached hydrogen (secondary N) is 2. The zero-order valence-electron chi connectivity index (χ0n) is 21.5. The van der Waals surface area contributed by atoms with Gasteiger partial charge in [-0.05, 0) is 23.3 Å². The van der Waals surface area contributed by atoms with Crippen molar-refractivity contribution in [3.05, 3.63) is 35.9 Å². The third-order valence-electron chi connectivity index (χ3n) is 4.76. The molecule has 2 amide bonds. The number of carbonyl (C=O) groups is 4. The molecule has 11 heteroatoms. The van der Waals surface area contributed by atoms with Gasteiger partial charge in [-0.1, -0.05) is 86.5 Å². The van der Waals surface area contributed by atoms with Crippen LogP contribution in [-0.2, 0) is 30.5 Å². The molecule has 4 N–H and O–H groups in total. The quantitative estimate of drug-likeness (QED) is 0.182. The Balaban J connectivity index is 2.62. The molecule has 0 aliphatic carbocycles. The van der Waals surface area contributed by atoms with Gasteiger partial charge in [-0.2, -0.15) is 0 Å². The molecule has 9 nitrogen and oxygen atoms in total. The summed E-state index contributed by atoms with van der Waals surface area (Å²) in [4.78, 5) is 48.2. The van der Waals surface area contributed by atoms with Crippen LogP contribution in [0, 0.1) is 11.3 Å². The zero-order chi connectivity index (χ0) is 27.3. The van der Waals surface area contributed by atoms with Crippen LogP contribution in [0.25, 0.3) is 0 Å². The van der Waals surface area contributed by atoms with Crippen LogP contribution in [0.4, 0.5) is 0 Å². The van der Waals surface area contributed by atoms with Crippen molar-refractivity contribution >= 4 is 45.3 Å². The first-order chi connectivity index (χ1) is 16.8. The fourth-order valence-electron chi connectivity index (χ4n) is 3.02. The molecule has 0 spiro atoms. The Morgan fingerprint density at radius 3 is 1.92 bits per heavy atom. The summed E-state index contributed by atoms with van der Waals surface area (Å²) in [5, 5.41) is 24.0. The molecule has 0 fully saturated rings. The largest absolute Gasteiger partial charge is 0.480 e. The average Bonchev–Trinajstić information content (AvgIpc) is 2.76. The maximum atomic E-state index is 12.8. The van der Waals surface area contributed by atoms with Gasteiger partial charge in [0.2, 0.25) is 11.8 Å². The highest BCUT2D eigenvalue weighted by atomic mass is 33.1. The Bertz CT molecular complexity index is 860. The van der Waals surface area contributed by atoms with E-state index < -0.39 is 36.0 Å². The topological polar surface area (TPSA) is 142 Å². The molecule has 0 heterocycles. The SMILES string of the molecule is CC(C)C[C@@H](OCc1ccccc1)C(=O)NC(CSSCC(NC(=O)CC(C)(C)C)C(=O)O)C(=O)O. The number of carbonyl (C=O) groups excluding carboxylic acids is 2. The van der Waals surface area contributed by atoms with E-state index in [1.807, 2.05) is 65.0 Å². The molecule has 0 aliphatic rings. The maximum Gasteiger partial charge on any atom is 0.327 e. The van der Waals surface area contributed by atoms with Gasteiger partial charge in [-0.3, -0.25) is 9.59 Å². The first kappa shape index (κ1) is 31.8. The summed E-state index contributed by atoms with van der Waals surface area (Å²) in [6, 6.07) is 7.11. The molecule has 1 aromatic carbocycles. The predicted octanol–water partition coefficient (Wildman–Crippen LogP) is 3.57. The number of carboxylic acid groups (broad SMARTS) is 2. The highest BCUT2D eigenvalue weighted by molar-refractivity contribution is 8.76. The van der Waals surface area contributed by atoms with Crippen molar-refractivity contribution in [2.24, 2.45) is 11.3 Å². The number of hydrogen-bond donors (Lipinski definition) is 4. The lowest BCUT2D eigenvalue weighted by atomic mass is 9.92. The number of hydrogen-bond acceptors (Lipinski definition) is 7. The normalized spacial score (nSPS) is 14.1. The van der Waals surface area contributed by atoms with Crippen molar-refractivity contribution in [2.45, 2.75) is 72.3 Å². The molecule has 0 radical (unpaired) electrons. The Kier molecular flexibility index (Phi) is 13.9. The second-order valence-corrected chi connectivity index (χ2v) is 12.6. The number of aliphatic carboxylic acids is 2. The number of carboxylic acids is 2. The Morgan fingerprint density at radius 1 is 0.917 bits per heavy atom. The molecule has 0 bridgehead atoms. The molecule has 1 rings (SSSR count). The first-order valence-corrected chi connectivity index (χ1v) is 14.2. The van der Waals surface area contributed by atoms with Gasteiger partial charge in [-0.25, -0.2) is 9.59 Å². The van der Waals surface area contributed by atoms with E-state index in [2.05, 4.69) is 10.6 Å². The summed E-state index contributed by atoms with van der Waals surface area (Å²) in [7, 11) is 2.24. The Hall–Kier alpha value is -2.24. The van der Waals surface area contributed by atoms with E-state index in [9.17, 15) is 29.4 Å². The Morgan fingerprint density at radius 2 is 1.44 bits per heavy atom. The fourth-order valence-corrected chi connectivity index (χ4v) is 5.33. The Labute approximate surface area is 220 Å². The summed E-state index contributed by atoms with van der Waals surface area (Å²) < 4.78 is 5.81. The van der Waals surface area contributed by atoms with Crippen LogP contribution in [-0.4, -0.2) is 63.7 Å². The molecular weight excluding hydrogens is 504 g/mol. The van der Waals surface area contributed by atoms with Gasteiger partial charge in [0.1, 0.15) is 18.2 Å². The van der Waals surface area contributed by atoms with Gasteiger partial charge in [0.05, 0.1) is 6.61 Å². The number of amides is 2. The van der Waals surface area contributed by atoms with Crippen LogP contribution in [0.3, 0.4) is 0 Å². The monoisotopic (exact) mass is 542 g/mol. The van der Waals surface area contributed by atoms with Gasteiger partial charge >= 0.3 is 11.9 Å². The molecule has 0 saturated heterocycles. The molecule has 1 aromatic rings. The van der Waals surface area contributed by atoms with Crippen molar-refractivity contribution in [1.82, 2.24) is 10.6 Å². The third-order valence-corrected chi connectivity index (χ3v) is 7.19. The van der Waals surface area contributed by atoms with Crippen LogP contribution in [0.2, 0.25) is 0 Å². The summed E-state index contributed by atoms with van der Waals surface area (Å²) in [5.74, 6) is -3.01. The number of rotatable bonds is 16. The highest BCUT2D eigenvalue weighted by Gasteiger charge is 2.28. The minimum Gasteiger partial charge on any atom is -0.480 e. The number of ether oxygens (including phenoxy) is 1. The lowest BCUT2D eigenvalue weighted by Crippen LogP contribution is -2.47. The van der Waals surface area contributed by atoms with Gasteiger partial charge in [-0.15, -0.1) is 0 Å². The molecule has 202 valence electrons. The molecule has 36 heavy (non-hydrogen) atoms. The van der Waals surface area contributed by atoms with E-state index in [1.165, 1.54) is 0 Å². The van der Waals surface area contributed by atoms with Crippen LogP contribution >= 0.6 is 21.6 Å². The van der Waals surface area contributed by atoms with Crippen molar-refractivity contribution in [3.63, 3.8) is 0 Å². The van der Waals surface area contributed by atoms with Crippen molar-refractivity contribution in [1.29, 1.82) is 0 Å². The summed E-state index contributed by atoms with van der Waals surface area (Å²) in [6.07, 6.45) is -0.188. The van der Waals surface area contributed by atoms with Gasteiger partial charge in [0.25, 0.3) is 0 Å². The maximum absolute atomic E-state index is 12.8. The minimum atomic E-state index is -1.20. The van der Waals surface area contributed by atoms with Gasteiger partial charge in [0, 0.05) is 17.9 Å². The molecule has 0 saturated carbocycles. The van der Waals surface area contributed by atoms with Crippen molar-refractivity contribution < 1.29 is 34.1 Å². The average molecular weight is 543 g/mol. The smallest absolute Gasteiger partial charge is 0.327 e. The molecular formula is C25H38N2O7S2. The van der Waals surface area contributed by atoms with Crippen LogP contribution < -0.4 is 10.6 Å². The van der Waals surface area contributed by atoms with E-state index in [0.717, 1.165) is 27.2 Å². The second-order valence-electron chi connectivity index (χ2n) is 10.1. The van der Waals surface area contributed by atoms with E-state index in [0.29, 0.717) is 6.42 Å². The second kappa shape index (κ2) is 15.8. The fraction of sp³-hybridized carbons (Fsp3) is 0.600. The molecule has 0 aliphatic heterocycles. The van der Waals surface area contributed by atoms with Crippen LogP contribution in [0.5, 0.6) is 0 Å². The van der Waals surface area contributed by atoms with Gasteiger partial charge < -0.3 is 25.6 Å². The number of benzene rings is 1. The van der Waals surface area contributed by atoms with E-state index >= 15 is 0 Å². The highest BCUT2D eigenvalue weighted by Crippen LogP contribution is 2.24. The van der Waals surface area contributed by atoms with Crippen LogP contribution in [0.15, 0.2) is 30.3 Å². The van der Waals surface area contributed by atoms with E-state index in [4.69, 9.17) is 4.74 Å². The lowest BCUT2D eigenvalue weighted by molar-refractivity contribution is -0.144. The molecule has 2 unspecified atom stereocenters. The summed E-state index contributed by atoms with van der Waals surface area (Å²) >= 11 is 0. The van der Waals surface area contributed by atoms with Crippen molar-refractivity contribution in [3.8, 4) is 0 Å². The summed E-state index contributed by atoms with van der Waals surface area (Å²) in [6.45, 7) is 9.77. The minimum absolute atomic E-state index is 0.0150. The zero-order valence-corrected chi connectivity index (χ0v) is 23.1. The molecule has 3 atom stereocenters. The summed E-state index contributed by atoms with van der Waals surface area (Å²) in [5.41, 5.74) is 0.628. The predicted molar refractivity (Wildman–Crippen MR) is 143 cm³/mol. The lowest BCUT2D eigenvalue weighted by Gasteiger charge is -2.22. The first-order valence-electron chi connectivity index (χ1n) is 11.7. The third kappa shape index (κ3) is 13.7.